The van der Waals surface area contributed by atoms with E-state index in [4.69, 9.17) is 11.6 Å². The van der Waals surface area contributed by atoms with Gasteiger partial charge in [-0.1, -0.05) is 60.1 Å². The fourth-order valence-electron chi connectivity index (χ4n) is 2.23. The van der Waals surface area contributed by atoms with E-state index in [1.807, 2.05) is 48.5 Å². The van der Waals surface area contributed by atoms with Gasteiger partial charge in [-0.25, -0.2) is 9.97 Å². The maximum absolute atomic E-state index is 12.5. The Morgan fingerprint density at radius 1 is 1.04 bits per heavy atom. The molecule has 1 N–H and O–H groups in total. The third-order valence-corrected chi connectivity index (χ3v) is 3.77. The van der Waals surface area contributed by atoms with Crippen molar-refractivity contribution in [1.29, 1.82) is 0 Å². The topological polar surface area (TPSA) is 54.9 Å². The molecule has 0 aliphatic rings. The van der Waals surface area contributed by atoms with Crippen LogP contribution in [0, 0.1) is 0 Å². The molecule has 114 valence electrons. The second-order valence-corrected chi connectivity index (χ2v) is 5.33. The Labute approximate surface area is 139 Å². The minimum Gasteiger partial charge on any atom is -0.348 e. The average molecular weight is 324 g/mol. The number of aromatic nitrogens is 2. The van der Waals surface area contributed by atoms with Crippen LogP contribution in [0.15, 0.2) is 67.1 Å². The zero-order valence-electron chi connectivity index (χ0n) is 12.2. The first-order chi connectivity index (χ1) is 11.3. The molecule has 4 nitrogen and oxygen atoms in total. The number of carbonyl (C=O) groups excluding carboxylic acids is 1. The van der Waals surface area contributed by atoms with Crippen molar-refractivity contribution in [3.63, 3.8) is 0 Å². The van der Waals surface area contributed by atoms with Crippen LogP contribution in [0.3, 0.4) is 0 Å². The summed E-state index contributed by atoms with van der Waals surface area (Å²) in [7, 11) is 0. The molecular formula is C18H14ClN3O. The molecule has 1 heterocycles. The Morgan fingerprint density at radius 2 is 1.78 bits per heavy atom. The van der Waals surface area contributed by atoms with Gasteiger partial charge in [-0.3, -0.25) is 4.79 Å². The van der Waals surface area contributed by atoms with Gasteiger partial charge in [0, 0.05) is 23.3 Å². The second-order valence-electron chi connectivity index (χ2n) is 4.93. The van der Waals surface area contributed by atoms with Gasteiger partial charge >= 0.3 is 0 Å². The summed E-state index contributed by atoms with van der Waals surface area (Å²) in [6.45, 7) is 0.349. The molecule has 0 saturated carbocycles. The fourth-order valence-corrected chi connectivity index (χ4v) is 2.44. The molecule has 1 aromatic heterocycles. The molecule has 0 bridgehead atoms. The number of hydrogen-bond acceptors (Lipinski definition) is 3. The average Bonchev–Trinajstić information content (AvgIpc) is 2.61. The Balaban J connectivity index is 1.82. The predicted octanol–water partition coefficient (Wildman–Crippen LogP) is 3.73. The number of amides is 1. The predicted molar refractivity (Wildman–Crippen MR) is 90.1 cm³/mol. The first kappa shape index (κ1) is 15.2. The van der Waals surface area contributed by atoms with Crippen molar-refractivity contribution in [2.45, 2.75) is 6.54 Å². The Morgan fingerprint density at radius 3 is 2.57 bits per heavy atom. The Kier molecular flexibility index (Phi) is 4.64. The molecule has 0 aliphatic heterocycles. The lowest BCUT2D eigenvalue weighted by Gasteiger charge is -2.10. The summed E-state index contributed by atoms with van der Waals surface area (Å²) in [5, 5.41) is 3.49. The lowest BCUT2D eigenvalue weighted by molar-refractivity contribution is 0.0951. The van der Waals surface area contributed by atoms with Crippen LogP contribution in [0.4, 0.5) is 0 Å². The molecule has 0 spiro atoms. The van der Waals surface area contributed by atoms with Crippen molar-refractivity contribution in [2.75, 3.05) is 0 Å². The van der Waals surface area contributed by atoms with Crippen LogP contribution in [0.25, 0.3) is 11.3 Å². The van der Waals surface area contributed by atoms with Gasteiger partial charge in [0.05, 0.1) is 11.3 Å². The highest BCUT2D eigenvalue weighted by atomic mass is 35.5. The molecule has 0 unspecified atom stereocenters. The molecule has 2 aromatic carbocycles. The molecule has 0 atom stereocenters. The van der Waals surface area contributed by atoms with Crippen molar-refractivity contribution in [2.24, 2.45) is 0 Å². The molecule has 0 fully saturated rings. The molecule has 3 aromatic rings. The summed E-state index contributed by atoms with van der Waals surface area (Å²) in [5.41, 5.74) is 2.78. The zero-order valence-corrected chi connectivity index (χ0v) is 13.0. The van der Waals surface area contributed by atoms with Gasteiger partial charge in [0.15, 0.2) is 0 Å². The van der Waals surface area contributed by atoms with Crippen LogP contribution in [0.2, 0.25) is 5.02 Å². The smallest absolute Gasteiger partial charge is 0.255 e. The maximum Gasteiger partial charge on any atom is 0.255 e. The van der Waals surface area contributed by atoms with Gasteiger partial charge in [0.1, 0.15) is 6.33 Å². The highest BCUT2D eigenvalue weighted by molar-refractivity contribution is 6.31. The van der Waals surface area contributed by atoms with E-state index in [2.05, 4.69) is 15.3 Å². The van der Waals surface area contributed by atoms with Crippen LogP contribution in [-0.4, -0.2) is 15.9 Å². The first-order valence-electron chi connectivity index (χ1n) is 7.13. The number of benzene rings is 2. The van der Waals surface area contributed by atoms with Crippen LogP contribution >= 0.6 is 11.6 Å². The maximum atomic E-state index is 12.5. The van der Waals surface area contributed by atoms with Crippen molar-refractivity contribution >= 4 is 17.5 Å². The third-order valence-electron chi connectivity index (χ3n) is 3.40. The minimum atomic E-state index is -0.232. The molecular weight excluding hydrogens is 310 g/mol. The van der Waals surface area contributed by atoms with E-state index >= 15 is 0 Å². The Bertz CT molecular complexity index is 821. The van der Waals surface area contributed by atoms with Gasteiger partial charge < -0.3 is 5.32 Å². The highest BCUT2D eigenvalue weighted by Crippen LogP contribution is 2.20. The minimum absolute atomic E-state index is 0.232. The number of rotatable bonds is 4. The number of hydrogen-bond donors (Lipinski definition) is 1. The molecule has 0 radical (unpaired) electrons. The lowest BCUT2D eigenvalue weighted by atomic mass is 10.1. The van der Waals surface area contributed by atoms with Crippen molar-refractivity contribution < 1.29 is 4.79 Å². The summed E-state index contributed by atoms with van der Waals surface area (Å²) < 4.78 is 0. The summed E-state index contributed by atoms with van der Waals surface area (Å²) in [4.78, 5) is 20.7. The quantitative estimate of drug-likeness (QED) is 0.796. The first-order valence-corrected chi connectivity index (χ1v) is 7.50. The van der Waals surface area contributed by atoms with Crippen molar-refractivity contribution in [3.05, 3.63) is 83.3 Å². The van der Waals surface area contributed by atoms with Crippen molar-refractivity contribution in [3.8, 4) is 11.3 Å². The van der Waals surface area contributed by atoms with E-state index < -0.39 is 0 Å². The number of carbonyl (C=O) groups is 1. The van der Waals surface area contributed by atoms with Crippen LogP contribution in [0.1, 0.15) is 15.9 Å². The summed E-state index contributed by atoms with van der Waals surface area (Å²) in [6, 6.07) is 17.0. The summed E-state index contributed by atoms with van der Waals surface area (Å²) in [6.07, 6.45) is 2.96. The monoisotopic (exact) mass is 323 g/mol. The second kappa shape index (κ2) is 7.03. The summed E-state index contributed by atoms with van der Waals surface area (Å²) in [5.74, 6) is -0.232. The van der Waals surface area contributed by atoms with E-state index in [-0.39, 0.29) is 5.91 Å². The van der Waals surface area contributed by atoms with Crippen LogP contribution < -0.4 is 5.32 Å². The highest BCUT2D eigenvalue weighted by Gasteiger charge is 2.14. The molecule has 5 heteroatoms. The largest absolute Gasteiger partial charge is 0.348 e. The molecule has 0 saturated heterocycles. The van der Waals surface area contributed by atoms with E-state index in [0.29, 0.717) is 22.8 Å². The zero-order chi connectivity index (χ0) is 16.1. The van der Waals surface area contributed by atoms with E-state index in [1.165, 1.54) is 12.5 Å². The summed E-state index contributed by atoms with van der Waals surface area (Å²) >= 11 is 6.10. The molecule has 3 rings (SSSR count). The van der Waals surface area contributed by atoms with Gasteiger partial charge in [0.25, 0.3) is 5.91 Å². The molecule has 23 heavy (non-hydrogen) atoms. The van der Waals surface area contributed by atoms with Gasteiger partial charge in [-0.2, -0.15) is 0 Å². The standard InChI is InChI=1S/C18H14ClN3O/c19-16-9-5-4-8-14(16)10-21-18(23)15-11-20-12-22-17(15)13-6-2-1-3-7-13/h1-9,11-12H,10H2,(H,21,23). The number of nitrogens with zero attached hydrogens (tertiary/aromatic N) is 2. The molecule has 0 aliphatic carbocycles. The van der Waals surface area contributed by atoms with Gasteiger partial charge in [0.2, 0.25) is 0 Å². The van der Waals surface area contributed by atoms with Gasteiger partial charge in [-0.05, 0) is 11.6 Å². The van der Waals surface area contributed by atoms with E-state index in [1.54, 1.807) is 6.07 Å². The van der Waals surface area contributed by atoms with Gasteiger partial charge in [-0.15, -0.1) is 0 Å². The number of nitrogens with one attached hydrogen (secondary N) is 1. The fraction of sp³-hybridized carbons (Fsp3) is 0.0556. The number of halogens is 1. The van der Waals surface area contributed by atoms with E-state index in [9.17, 15) is 4.79 Å². The normalized spacial score (nSPS) is 10.3. The molecule has 1 amide bonds. The van der Waals surface area contributed by atoms with E-state index in [0.717, 1.165) is 11.1 Å². The Hall–Kier alpha value is -2.72. The SMILES string of the molecule is O=C(NCc1ccccc1Cl)c1cncnc1-c1ccccc1. The van der Waals surface area contributed by atoms with Crippen LogP contribution in [0.5, 0.6) is 0 Å². The lowest BCUT2D eigenvalue weighted by Crippen LogP contribution is -2.24. The van der Waals surface area contributed by atoms with Crippen molar-refractivity contribution in [1.82, 2.24) is 15.3 Å². The third kappa shape index (κ3) is 3.55. The van der Waals surface area contributed by atoms with Crippen LogP contribution in [-0.2, 0) is 6.54 Å².